The number of carbonyl (C=O) groups is 3. The van der Waals surface area contributed by atoms with Gasteiger partial charge < -0.3 is 30.3 Å². The molecule has 0 fully saturated rings. The average Bonchev–Trinajstić information content (AvgIpc) is 2.81. The zero-order valence-corrected chi connectivity index (χ0v) is 22.2. The van der Waals surface area contributed by atoms with Gasteiger partial charge in [0.2, 0.25) is 0 Å². The Bertz CT molecular complexity index is 596. The SMILES string of the molecule is CCCCCCCCCCCCCCCCCCC(OC(=O)CC(O)(CC(=O)O)C(=O)O)C(O)CO. The van der Waals surface area contributed by atoms with Crippen LogP contribution in [0, 0.1) is 0 Å². The van der Waals surface area contributed by atoms with E-state index in [0.29, 0.717) is 6.42 Å². The zero-order chi connectivity index (χ0) is 27.2. The molecule has 0 aliphatic rings. The molecular weight excluding hydrogens is 468 g/mol. The molecule has 0 aliphatic heterocycles. The summed E-state index contributed by atoms with van der Waals surface area (Å²) in [6.45, 7) is 1.60. The van der Waals surface area contributed by atoms with Gasteiger partial charge in [0.25, 0.3) is 0 Å². The predicted octanol–water partition coefficient (Wildman–Crippen LogP) is 4.58. The smallest absolute Gasteiger partial charge is 0.336 e. The van der Waals surface area contributed by atoms with E-state index in [0.717, 1.165) is 19.3 Å². The molecule has 0 saturated heterocycles. The molecule has 0 saturated carbocycles. The van der Waals surface area contributed by atoms with E-state index in [2.05, 4.69) is 6.92 Å². The highest BCUT2D eigenvalue weighted by molar-refractivity contribution is 5.88. The standard InChI is InChI=1S/C27H50O9/c1-2-3-4-5-6-7-8-9-10-11-12-13-14-15-16-17-18-23(22(29)21-28)36-25(32)20-27(35,26(33)34)19-24(30)31/h22-23,28-29,35H,2-21H2,1H3,(H,30,31)(H,33,34). The highest BCUT2D eigenvalue weighted by Crippen LogP contribution is 2.20. The predicted molar refractivity (Wildman–Crippen MR) is 137 cm³/mol. The minimum absolute atomic E-state index is 0.274. The summed E-state index contributed by atoms with van der Waals surface area (Å²) in [4.78, 5) is 34.1. The summed E-state index contributed by atoms with van der Waals surface area (Å²) in [5.74, 6) is -4.57. The van der Waals surface area contributed by atoms with Crippen LogP contribution >= 0.6 is 0 Å². The fraction of sp³-hybridized carbons (Fsp3) is 0.889. The van der Waals surface area contributed by atoms with Crippen molar-refractivity contribution in [1.29, 1.82) is 0 Å². The second-order valence-electron chi connectivity index (χ2n) is 9.95. The number of aliphatic hydroxyl groups is 3. The number of ether oxygens (including phenoxy) is 1. The molecule has 0 aliphatic carbocycles. The average molecular weight is 519 g/mol. The molecular formula is C27H50O9. The second-order valence-corrected chi connectivity index (χ2v) is 9.95. The van der Waals surface area contributed by atoms with Crippen LogP contribution in [0.5, 0.6) is 0 Å². The number of aliphatic carboxylic acids is 2. The van der Waals surface area contributed by atoms with Gasteiger partial charge in [-0.1, -0.05) is 103 Å². The minimum atomic E-state index is -2.80. The lowest BCUT2D eigenvalue weighted by Crippen LogP contribution is -2.44. The number of aliphatic hydroxyl groups excluding tert-OH is 2. The van der Waals surface area contributed by atoms with Gasteiger partial charge in [-0.05, 0) is 12.8 Å². The molecule has 0 spiro atoms. The van der Waals surface area contributed by atoms with Crippen molar-refractivity contribution in [2.24, 2.45) is 0 Å². The molecule has 0 bridgehead atoms. The molecule has 3 unspecified atom stereocenters. The van der Waals surface area contributed by atoms with Gasteiger partial charge in [0.1, 0.15) is 12.2 Å². The maximum atomic E-state index is 12.1. The third-order valence-electron chi connectivity index (χ3n) is 6.52. The van der Waals surface area contributed by atoms with Crippen molar-refractivity contribution in [3.05, 3.63) is 0 Å². The summed E-state index contributed by atoms with van der Waals surface area (Å²) in [7, 11) is 0. The molecule has 0 amide bonds. The van der Waals surface area contributed by atoms with Crippen LogP contribution in [0.3, 0.4) is 0 Å². The Morgan fingerprint density at radius 2 is 1.14 bits per heavy atom. The van der Waals surface area contributed by atoms with Gasteiger partial charge in [0.15, 0.2) is 5.60 Å². The van der Waals surface area contributed by atoms with E-state index in [1.807, 2.05) is 0 Å². The summed E-state index contributed by atoms with van der Waals surface area (Å²) >= 11 is 0. The molecule has 0 rings (SSSR count). The summed E-state index contributed by atoms with van der Waals surface area (Å²) < 4.78 is 5.09. The Morgan fingerprint density at radius 3 is 1.50 bits per heavy atom. The first-order valence-electron chi connectivity index (χ1n) is 13.8. The van der Waals surface area contributed by atoms with Gasteiger partial charge in [-0.2, -0.15) is 0 Å². The summed E-state index contributed by atoms with van der Waals surface area (Å²) in [5.41, 5.74) is -2.80. The molecule has 0 heterocycles. The normalized spacial score (nSPS) is 14.7. The van der Waals surface area contributed by atoms with Crippen LogP contribution in [0.4, 0.5) is 0 Å². The lowest BCUT2D eigenvalue weighted by Gasteiger charge is -2.25. The Labute approximate surface area is 216 Å². The van der Waals surface area contributed by atoms with E-state index in [-0.39, 0.29) is 6.42 Å². The first-order valence-corrected chi connectivity index (χ1v) is 13.8. The number of carboxylic acids is 2. The number of unbranched alkanes of at least 4 members (excludes halogenated alkanes) is 15. The molecule has 3 atom stereocenters. The van der Waals surface area contributed by atoms with Gasteiger partial charge in [0.05, 0.1) is 19.4 Å². The van der Waals surface area contributed by atoms with Crippen LogP contribution < -0.4 is 0 Å². The number of rotatable bonds is 25. The van der Waals surface area contributed by atoms with Crippen LogP contribution in [-0.2, 0) is 19.1 Å². The lowest BCUT2D eigenvalue weighted by molar-refractivity contribution is -0.176. The topological polar surface area (TPSA) is 162 Å². The van der Waals surface area contributed by atoms with Crippen LogP contribution in [0.15, 0.2) is 0 Å². The van der Waals surface area contributed by atoms with Crippen molar-refractivity contribution >= 4 is 17.9 Å². The highest BCUT2D eigenvalue weighted by atomic mass is 16.6. The van der Waals surface area contributed by atoms with Gasteiger partial charge in [-0.25, -0.2) is 4.79 Å². The van der Waals surface area contributed by atoms with Crippen LogP contribution in [0.25, 0.3) is 0 Å². The van der Waals surface area contributed by atoms with E-state index < -0.39 is 55.2 Å². The summed E-state index contributed by atoms with van der Waals surface area (Å²) in [6.07, 6.45) is 15.0. The van der Waals surface area contributed by atoms with Crippen LogP contribution in [0.1, 0.15) is 129 Å². The quantitative estimate of drug-likeness (QED) is 0.0860. The number of hydrogen-bond acceptors (Lipinski definition) is 7. The van der Waals surface area contributed by atoms with E-state index in [1.165, 1.54) is 77.0 Å². The number of hydrogen-bond donors (Lipinski definition) is 5. The summed E-state index contributed by atoms with van der Waals surface area (Å²) in [6, 6.07) is 0. The Balaban J connectivity index is 4.01. The van der Waals surface area contributed by atoms with Crippen molar-refractivity contribution in [3.63, 3.8) is 0 Å². The van der Waals surface area contributed by atoms with Crippen molar-refractivity contribution in [1.82, 2.24) is 0 Å². The minimum Gasteiger partial charge on any atom is -0.481 e. The molecule has 212 valence electrons. The number of carbonyl (C=O) groups excluding carboxylic acids is 1. The monoisotopic (exact) mass is 518 g/mol. The van der Waals surface area contributed by atoms with Crippen molar-refractivity contribution in [2.45, 2.75) is 147 Å². The van der Waals surface area contributed by atoms with Gasteiger partial charge in [-0.3, -0.25) is 9.59 Å². The molecule has 0 aromatic carbocycles. The molecule has 36 heavy (non-hydrogen) atoms. The second kappa shape index (κ2) is 21.4. The summed E-state index contributed by atoms with van der Waals surface area (Å²) in [5, 5.41) is 47.0. The largest absolute Gasteiger partial charge is 0.481 e. The van der Waals surface area contributed by atoms with E-state index in [1.54, 1.807) is 0 Å². The first kappa shape index (κ1) is 34.3. The fourth-order valence-electron chi connectivity index (χ4n) is 4.25. The highest BCUT2D eigenvalue weighted by Gasteiger charge is 2.42. The molecule has 0 aromatic rings. The van der Waals surface area contributed by atoms with E-state index in [9.17, 15) is 29.7 Å². The van der Waals surface area contributed by atoms with Crippen molar-refractivity contribution in [3.8, 4) is 0 Å². The molecule has 5 N–H and O–H groups in total. The Hall–Kier alpha value is -1.71. The number of esters is 1. The van der Waals surface area contributed by atoms with E-state index in [4.69, 9.17) is 14.9 Å². The van der Waals surface area contributed by atoms with Crippen molar-refractivity contribution < 1.29 is 44.7 Å². The van der Waals surface area contributed by atoms with Crippen LogP contribution in [0.2, 0.25) is 0 Å². The fourth-order valence-corrected chi connectivity index (χ4v) is 4.25. The van der Waals surface area contributed by atoms with Gasteiger partial charge in [0, 0.05) is 0 Å². The first-order chi connectivity index (χ1) is 17.2. The van der Waals surface area contributed by atoms with Crippen LogP contribution in [-0.4, -0.2) is 67.9 Å². The molecule has 9 nitrogen and oxygen atoms in total. The lowest BCUT2D eigenvalue weighted by atomic mass is 9.95. The Morgan fingerprint density at radius 1 is 0.722 bits per heavy atom. The van der Waals surface area contributed by atoms with Crippen molar-refractivity contribution in [2.75, 3.05) is 6.61 Å². The zero-order valence-electron chi connectivity index (χ0n) is 22.2. The molecule has 0 aromatic heterocycles. The van der Waals surface area contributed by atoms with E-state index >= 15 is 0 Å². The molecule has 0 radical (unpaired) electrons. The molecule has 9 heteroatoms. The third-order valence-corrected chi connectivity index (χ3v) is 6.52. The van der Waals surface area contributed by atoms with Gasteiger partial charge >= 0.3 is 17.9 Å². The number of carboxylic acid groups (broad SMARTS) is 2. The van der Waals surface area contributed by atoms with Gasteiger partial charge in [-0.15, -0.1) is 0 Å². The maximum Gasteiger partial charge on any atom is 0.336 e. The maximum absolute atomic E-state index is 12.1. The third kappa shape index (κ3) is 17.7. The Kier molecular flexibility index (Phi) is 20.4.